The van der Waals surface area contributed by atoms with Gasteiger partial charge in [-0.2, -0.15) is 0 Å². The van der Waals surface area contributed by atoms with E-state index in [4.69, 9.17) is 5.11 Å². The van der Waals surface area contributed by atoms with Gasteiger partial charge in [0.05, 0.1) is 11.4 Å². The number of carbonyl (C=O) groups excluding carboxylic acids is 1. The summed E-state index contributed by atoms with van der Waals surface area (Å²) >= 11 is 2.43. The summed E-state index contributed by atoms with van der Waals surface area (Å²) in [5.74, 6) is -0.659. The Morgan fingerprint density at radius 3 is 2.70 bits per heavy atom. The summed E-state index contributed by atoms with van der Waals surface area (Å²) in [6, 6.07) is 0.310. The van der Waals surface area contributed by atoms with Crippen molar-refractivity contribution in [3.8, 4) is 0 Å². The van der Waals surface area contributed by atoms with E-state index in [0.29, 0.717) is 21.8 Å². The van der Waals surface area contributed by atoms with E-state index in [2.05, 4.69) is 10.3 Å². The largest absolute Gasteiger partial charge is 0.477 e. The fourth-order valence-corrected chi connectivity index (χ4v) is 4.12. The third-order valence-electron chi connectivity index (χ3n) is 3.27. The van der Waals surface area contributed by atoms with Gasteiger partial charge in [-0.15, -0.1) is 11.3 Å². The van der Waals surface area contributed by atoms with Crippen molar-refractivity contribution in [1.82, 2.24) is 10.3 Å². The number of hydrogen-bond donors (Lipinski definition) is 2. The summed E-state index contributed by atoms with van der Waals surface area (Å²) in [6.45, 7) is 1.67. The number of carboxylic acids is 1. The number of nitrogens with zero attached hydrogens (tertiary/aromatic N) is 1. The average molecular weight is 314 g/mol. The molecule has 1 amide bonds. The number of thioether (sulfide) groups is 1. The molecule has 0 saturated heterocycles. The molecule has 2 rings (SSSR count). The maximum atomic E-state index is 11.8. The standard InChI is InChI=1S/C13H18N2O3S2/c1-8-11(12(17)18)20-13(14-8)19-7-10(16)15-9-5-3-2-4-6-9/h9H,2-7H2,1H3,(H,15,16)(H,17,18). The van der Waals surface area contributed by atoms with E-state index in [1.54, 1.807) is 6.92 Å². The van der Waals surface area contributed by atoms with Crippen LogP contribution in [0.4, 0.5) is 0 Å². The molecule has 0 spiro atoms. The van der Waals surface area contributed by atoms with Gasteiger partial charge in [-0.05, 0) is 19.8 Å². The number of rotatable bonds is 5. The van der Waals surface area contributed by atoms with E-state index in [1.807, 2.05) is 0 Å². The Labute approximate surface area is 126 Å². The summed E-state index contributed by atoms with van der Waals surface area (Å²) in [6.07, 6.45) is 5.76. The van der Waals surface area contributed by atoms with Crippen molar-refractivity contribution in [2.45, 2.75) is 49.4 Å². The molecule has 7 heteroatoms. The Bertz CT molecular complexity index is 496. The first-order valence-corrected chi connectivity index (χ1v) is 8.49. The Kier molecular flexibility index (Phi) is 5.42. The highest BCUT2D eigenvalue weighted by atomic mass is 32.2. The third-order valence-corrected chi connectivity index (χ3v) is 5.56. The van der Waals surface area contributed by atoms with Crippen molar-refractivity contribution in [2.75, 3.05) is 5.75 Å². The van der Waals surface area contributed by atoms with E-state index in [0.717, 1.165) is 24.2 Å². The number of amides is 1. The third kappa shape index (κ3) is 4.21. The molecule has 110 valence electrons. The number of carbonyl (C=O) groups is 2. The number of nitrogens with one attached hydrogen (secondary N) is 1. The van der Waals surface area contributed by atoms with Crippen molar-refractivity contribution < 1.29 is 14.7 Å². The normalized spacial score (nSPS) is 16.1. The molecule has 0 aliphatic heterocycles. The molecule has 1 aliphatic carbocycles. The topological polar surface area (TPSA) is 79.3 Å². The summed E-state index contributed by atoms with van der Waals surface area (Å²) in [5.41, 5.74) is 0.512. The van der Waals surface area contributed by atoms with Crippen LogP contribution in [0, 0.1) is 6.92 Å². The van der Waals surface area contributed by atoms with Crippen LogP contribution in [0.25, 0.3) is 0 Å². The van der Waals surface area contributed by atoms with Crippen LogP contribution in [0.5, 0.6) is 0 Å². The summed E-state index contributed by atoms with van der Waals surface area (Å²) < 4.78 is 0.638. The van der Waals surface area contributed by atoms with Crippen LogP contribution >= 0.6 is 23.1 Å². The van der Waals surface area contributed by atoms with Crippen LogP contribution in [0.1, 0.15) is 47.5 Å². The highest BCUT2D eigenvalue weighted by Crippen LogP contribution is 2.27. The Balaban J connectivity index is 1.80. The van der Waals surface area contributed by atoms with Crippen molar-refractivity contribution in [3.05, 3.63) is 10.6 Å². The maximum absolute atomic E-state index is 11.8. The number of aromatic nitrogens is 1. The molecular formula is C13H18N2O3S2. The van der Waals surface area contributed by atoms with E-state index in [-0.39, 0.29) is 10.8 Å². The summed E-state index contributed by atoms with van der Waals surface area (Å²) in [7, 11) is 0. The molecule has 0 unspecified atom stereocenters. The van der Waals surface area contributed by atoms with Gasteiger partial charge in [0.15, 0.2) is 4.34 Å². The van der Waals surface area contributed by atoms with Crippen LogP contribution in [0.3, 0.4) is 0 Å². The molecule has 1 fully saturated rings. The minimum absolute atomic E-state index is 0.00614. The lowest BCUT2D eigenvalue weighted by molar-refractivity contribution is -0.119. The smallest absolute Gasteiger partial charge is 0.347 e. The first-order chi connectivity index (χ1) is 9.56. The molecule has 1 heterocycles. The van der Waals surface area contributed by atoms with Gasteiger partial charge in [-0.25, -0.2) is 9.78 Å². The van der Waals surface area contributed by atoms with Gasteiger partial charge in [0, 0.05) is 6.04 Å². The van der Waals surface area contributed by atoms with Crippen LogP contribution < -0.4 is 5.32 Å². The Hall–Kier alpha value is -1.08. The van der Waals surface area contributed by atoms with E-state index in [9.17, 15) is 9.59 Å². The molecule has 1 aliphatic rings. The lowest BCUT2D eigenvalue weighted by Gasteiger charge is -2.22. The molecule has 1 aromatic rings. The van der Waals surface area contributed by atoms with Crippen molar-refractivity contribution >= 4 is 35.0 Å². The second-order valence-electron chi connectivity index (χ2n) is 4.89. The highest BCUT2D eigenvalue weighted by Gasteiger charge is 2.17. The monoisotopic (exact) mass is 314 g/mol. The van der Waals surface area contributed by atoms with Crippen LogP contribution in [-0.4, -0.2) is 33.8 Å². The average Bonchev–Trinajstić information content (AvgIpc) is 2.79. The lowest BCUT2D eigenvalue weighted by atomic mass is 9.95. The van der Waals surface area contributed by atoms with Crippen molar-refractivity contribution in [2.24, 2.45) is 0 Å². The Morgan fingerprint density at radius 2 is 2.10 bits per heavy atom. The predicted molar refractivity (Wildman–Crippen MR) is 79.6 cm³/mol. The van der Waals surface area contributed by atoms with Gasteiger partial charge >= 0.3 is 5.97 Å². The number of aromatic carboxylic acids is 1. The first-order valence-electron chi connectivity index (χ1n) is 6.69. The van der Waals surface area contributed by atoms with Crippen LogP contribution in [0.15, 0.2) is 4.34 Å². The molecule has 0 atom stereocenters. The summed E-state index contributed by atoms with van der Waals surface area (Å²) in [5, 5.41) is 12.0. The highest BCUT2D eigenvalue weighted by molar-refractivity contribution is 8.01. The van der Waals surface area contributed by atoms with E-state index < -0.39 is 5.97 Å². The van der Waals surface area contributed by atoms with Gasteiger partial charge in [0.25, 0.3) is 0 Å². The molecule has 1 aromatic heterocycles. The van der Waals surface area contributed by atoms with Gasteiger partial charge in [-0.3, -0.25) is 4.79 Å². The SMILES string of the molecule is Cc1nc(SCC(=O)NC2CCCCC2)sc1C(=O)O. The van der Waals surface area contributed by atoms with Crippen molar-refractivity contribution in [3.63, 3.8) is 0 Å². The number of thiazole rings is 1. The van der Waals surface area contributed by atoms with Crippen molar-refractivity contribution in [1.29, 1.82) is 0 Å². The van der Waals surface area contributed by atoms with Gasteiger partial charge in [0.1, 0.15) is 4.88 Å². The number of carboxylic acid groups (broad SMARTS) is 1. The Morgan fingerprint density at radius 1 is 1.40 bits per heavy atom. The molecule has 0 aromatic carbocycles. The molecular weight excluding hydrogens is 296 g/mol. The van der Waals surface area contributed by atoms with Gasteiger partial charge in [0.2, 0.25) is 5.91 Å². The maximum Gasteiger partial charge on any atom is 0.347 e. The second kappa shape index (κ2) is 7.08. The minimum Gasteiger partial charge on any atom is -0.477 e. The molecule has 2 N–H and O–H groups in total. The fourth-order valence-electron chi connectivity index (χ4n) is 2.28. The van der Waals surface area contributed by atoms with Crippen LogP contribution in [-0.2, 0) is 4.79 Å². The molecule has 0 radical (unpaired) electrons. The minimum atomic E-state index is -0.960. The zero-order chi connectivity index (χ0) is 14.5. The quantitative estimate of drug-likeness (QED) is 0.817. The number of hydrogen-bond acceptors (Lipinski definition) is 5. The molecule has 5 nitrogen and oxygen atoms in total. The van der Waals surface area contributed by atoms with Crippen LogP contribution in [0.2, 0.25) is 0 Å². The number of aryl methyl sites for hydroxylation is 1. The molecule has 1 saturated carbocycles. The van der Waals surface area contributed by atoms with Gasteiger partial charge < -0.3 is 10.4 Å². The predicted octanol–water partition coefficient (Wildman–Crippen LogP) is 2.69. The lowest BCUT2D eigenvalue weighted by Crippen LogP contribution is -2.37. The zero-order valence-corrected chi connectivity index (χ0v) is 13.0. The van der Waals surface area contributed by atoms with Gasteiger partial charge in [-0.1, -0.05) is 31.0 Å². The second-order valence-corrected chi connectivity index (χ2v) is 7.11. The fraction of sp³-hybridized carbons (Fsp3) is 0.615. The zero-order valence-electron chi connectivity index (χ0n) is 11.3. The molecule has 20 heavy (non-hydrogen) atoms. The first kappa shape index (κ1) is 15.3. The van der Waals surface area contributed by atoms with E-state index >= 15 is 0 Å². The molecule has 0 bridgehead atoms. The summed E-state index contributed by atoms with van der Waals surface area (Å²) in [4.78, 5) is 27.2. The van der Waals surface area contributed by atoms with E-state index in [1.165, 1.54) is 31.0 Å².